The summed E-state index contributed by atoms with van der Waals surface area (Å²) in [6.45, 7) is 14.6. The average molecular weight is 277 g/mol. The van der Waals surface area contributed by atoms with Gasteiger partial charge >= 0.3 is 0 Å². The van der Waals surface area contributed by atoms with Crippen LogP contribution in [0.1, 0.15) is 65.8 Å². The van der Waals surface area contributed by atoms with Crippen LogP contribution in [0.3, 0.4) is 0 Å². The maximum absolute atomic E-state index is 5.87. The van der Waals surface area contributed by atoms with Gasteiger partial charge in [0.15, 0.2) is 11.1 Å². The fourth-order valence-electron chi connectivity index (χ4n) is 1.83. The molecule has 0 saturated heterocycles. The van der Waals surface area contributed by atoms with Crippen molar-refractivity contribution in [2.24, 2.45) is 0 Å². The lowest BCUT2D eigenvalue weighted by Gasteiger charge is -2.11. The number of hydrogen-bond donors (Lipinski definition) is 0. The molecule has 0 fully saturated rings. The lowest BCUT2D eigenvalue weighted by atomic mass is 9.97. The number of methoxy groups -OCH3 is 1. The molecule has 0 atom stereocenters. The molecular formula is C17H27NO2. The first-order valence-electron chi connectivity index (χ1n) is 7.32. The van der Waals surface area contributed by atoms with Crippen LogP contribution < -0.4 is 4.74 Å². The largest absolute Gasteiger partial charge is 0.494 e. The third kappa shape index (κ3) is 3.33. The van der Waals surface area contributed by atoms with Crippen LogP contribution in [0.2, 0.25) is 0 Å². The van der Waals surface area contributed by atoms with Crippen molar-refractivity contribution >= 4 is 11.1 Å². The molecule has 3 nitrogen and oxygen atoms in total. The summed E-state index contributed by atoms with van der Waals surface area (Å²) in [5, 5.41) is 0. The van der Waals surface area contributed by atoms with Crippen LogP contribution in [-0.2, 0) is 5.41 Å². The Balaban J connectivity index is 0.000000956. The number of nitrogens with zero attached hydrogens (tertiary/aromatic N) is 1. The molecule has 0 radical (unpaired) electrons. The second kappa shape index (κ2) is 6.29. The monoisotopic (exact) mass is 277 g/mol. The van der Waals surface area contributed by atoms with E-state index in [9.17, 15) is 0 Å². The highest BCUT2D eigenvalue weighted by Gasteiger charge is 2.23. The van der Waals surface area contributed by atoms with Crippen LogP contribution in [-0.4, -0.2) is 12.1 Å². The van der Waals surface area contributed by atoms with Crippen molar-refractivity contribution in [2.75, 3.05) is 7.11 Å². The fourth-order valence-corrected chi connectivity index (χ4v) is 1.83. The minimum atomic E-state index is -0.0952. The van der Waals surface area contributed by atoms with E-state index in [-0.39, 0.29) is 5.41 Å². The highest BCUT2D eigenvalue weighted by Crippen LogP contribution is 2.33. The quantitative estimate of drug-likeness (QED) is 0.748. The van der Waals surface area contributed by atoms with Gasteiger partial charge in [-0.25, -0.2) is 4.98 Å². The van der Waals surface area contributed by atoms with Crippen LogP contribution in [0.15, 0.2) is 16.5 Å². The molecule has 0 bridgehead atoms. The molecule has 0 aliphatic rings. The van der Waals surface area contributed by atoms with Crippen molar-refractivity contribution in [3.8, 4) is 5.75 Å². The van der Waals surface area contributed by atoms with Crippen LogP contribution >= 0.6 is 0 Å². The molecule has 1 heterocycles. The Morgan fingerprint density at radius 1 is 1.15 bits per heavy atom. The van der Waals surface area contributed by atoms with Gasteiger partial charge in [-0.1, -0.05) is 48.5 Å². The standard InChI is InChI=1S/C15H21NO2.C2H6/c1-9(2)10-7-11(17-6)13-12(8-10)18-14(16-13)15(3,4)5;1-2/h7-9H,1-6H3;1-2H3. The van der Waals surface area contributed by atoms with Gasteiger partial charge in [0.2, 0.25) is 5.89 Å². The molecule has 2 rings (SSSR count). The van der Waals surface area contributed by atoms with Gasteiger partial charge in [0.1, 0.15) is 5.75 Å². The van der Waals surface area contributed by atoms with Gasteiger partial charge in [0.25, 0.3) is 0 Å². The number of rotatable bonds is 2. The molecule has 0 aliphatic carbocycles. The zero-order valence-electron chi connectivity index (χ0n) is 14.0. The van der Waals surface area contributed by atoms with Crippen molar-refractivity contribution in [3.63, 3.8) is 0 Å². The SMILES string of the molecule is CC.COc1cc(C(C)C)cc2oc(C(C)(C)C)nc12. The minimum absolute atomic E-state index is 0.0952. The third-order valence-electron chi connectivity index (χ3n) is 3.01. The van der Waals surface area contributed by atoms with Crippen molar-refractivity contribution in [3.05, 3.63) is 23.6 Å². The van der Waals surface area contributed by atoms with Crippen LogP contribution in [0, 0.1) is 0 Å². The summed E-state index contributed by atoms with van der Waals surface area (Å²) in [6.07, 6.45) is 0. The number of fused-ring (bicyclic) bond motifs is 1. The summed E-state index contributed by atoms with van der Waals surface area (Å²) in [5.41, 5.74) is 2.73. The molecular weight excluding hydrogens is 250 g/mol. The summed E-state index contributed by atoms with van der Waals surface area (Å²) in [6, 6.07) is 4.10. The molecule has 3 heteroatoms. The second-order valence-corrected chi connectivity index (χ2v) is 5.99. The fraction of sp³-hybridized carbons (Fsp3) is 0.588. The van der Waals surface area contributed by atoms with Gasteiger partial charge in [-0.2, -0.15) is 0 Å². The first kappa shape index (κ1) is 16.5. The summed E-state index contributed by atoms with van der Waals surface area (Å²) in [4.78, 5) is 4.56. The summed E-state index contributed by atoms with van der Waals surface area (Å²) in [5.74, 6) is 1.97. The molecule has 0 amide bonds. The first-order chi connectivity index (χ1) is 9.32. The van der Waals surface area contributed by atoms with Crippen molar-refractivity contribution in [2.45, 2.75) is 59.8 Å². The summed E-state index contributed by atoms with van der Waals surface area (Å²) >= 11 is 0. The zero-order chi connectivity index (χ0) is 15.5. The summed E-state index contributed by atoms with van der Waals surface area (Å²) < 4.78 is 11.3. The van der Waals surface area contributed by atoms with Crippen LogP contribution in [0.25, 0.3) is 11.1 Å². The lowest BCUT2D eigenvalue weighted by Crippen LogP contribution is -2.11. The van der Waals surface area contributed by atoms with Gasteiger partial charge in [0, 0.05) is 5.41 Å². The van der Waals surface area contributed by atoms with Gasteiger partial charge in [-0.05, 0) is 23.6 Å². The number of hydrogen-bond acceptors (Lipinski definition) is 3. The minimum Gasteiger partial charge on any atom is -0.494 e. The molecule has 1 aromatic heterocycles. The Morgan fingerprint density at radius 3 is 2.20 bits per heavy atom. The molecule has 112 valence electrons. The zero-order valence-corrected chi connectivity index (χ0v) is 14.0. The number of aromatic nitrogens is 1. The predicted molar refractivity (Wildman–Crippen MR) is 84.7 cm³/mol. The molecule has 0 aliphatic heterocycles. The van der Waals surface area contributed by atoms with E-state index < -0.39 is 0 Å². The Kier molecular flexibility index (Phi) is 5.21. The van der Waals surface area contributed by atoms with E-state index in [0.29, 0.717) is 5.92 Å². The van der Waals surface area contributed by atoms with E-state index >= 15 is 0 Å². The normalized spacial score (nSPS) is 11.4. The molecule has 0 spiro atoms. The van der Waals surface area contributed by atoms with Gasteiger partial charge < -0.3 is 9.15 Å². The molecule has 0 saturated carbocycles. The van der Waals surface area contributed by atoms with Crippen LogP contribution in [0.4, 0.5) is 0 Å². The van der Waals surface area contributed by atoms with Gasteiger partial charge in [-0.15, -0.1) is 0 Å². The Morgan fingerprint density at radius 2 is 1.75 bits per heavy atom. The van der Waals surface area contributed by atoms with E-state index in [2.05, 4.69) is 45.7 Å². The van der Waals surface area contributed by atoms with E-state index in [1.54, 1.807) is 7.11 Å². The smallest absolute Gasteiger partial charge is 0.200 e. The first-order valence-corrected chi connectivity index (χ1v) is 7.32. The van der Waals surface area contributed by atoms with Crippen molar-refractivity contribution in [1.29, 1.82) is 0 Å². The molecule has 2 aromatic rings. The third-order valence-corrected chi connectivity index (χ3v) is 3.01. The molecule has 0 unspecified atom stereocenters. The Labute approximate surface area is 122 Å². The topological polar surface area (TPSA) is 35.3 Å². The van der Waals surface area contributed by atoms with Crippen LogP contribution in [0.5, 0.6) is 5.75 Å². The van der Waals surface area contributed by atoms with E-state index in [1.165, 1.54) is 5.56 Å². The average Bonchev–Trinajstić information content (AvgIpc) is 2.83. The number of ether oxygens (including phenoxy) is 1. The lowest BCUT2D eigenvalue weighted by molar-refractivity contribution is 0.410. The highest BCUT2D eigenvalue weighted by molar-refractivity contribution is 5.81. The van der Waals surface area contributed by atoms with Gasteiger partial charge in [-0.3, -0.25) is 0 Å². The predicted octanol–water partition coefficient (Wildman–Crippen LogP) is 5.28. The highest BCUT2D eigenvalue weighted by atomic mass is 16.5. The Bertz CT molecular complexity index is 562. The van der Waals surface area contributed by atoms with E-state index in [4.69, 9.17) is 9.15 Å². The van der Waals surface area contributed by atoms with E-state index in [1.807, 2.05) is 19.9 Å². The second-order valence-electron chi connectivity index (χ2n) is 5.99. The number of oxazole rings is 1. The molecule has 20 heavy (non-hydrogen) atoms. The summed E-state index contributed by atoms with van der Waals surface area (Å²) in [7, 11) is 1.67. The maximum atomic E-state index is 5.87. The van der Waals surface area contributed by atoms with E-state index in [0.717, 1.165) is 22.7 Å². The molecule has 1 aromatic carbocycles. The van der Waals surface area contributed by atoms with Crippen molar-refractivity contribution in [1.82, 2.24) is 4.98 Å². The number of benzene rings is 1. The molecule has 0 N–H and O–H groups in total. The van der Waals surface area contributed by atoms with Crippen molar-refractivity contribution < 1.29 is 9.15 Å². The Hall–Kier alpha value is -1.51. The maximum Gasteiger partial charge on any atom is 0.200 e. The van der Waals surface area contributed by atoms with Gasteiger partial charge in [0.05, 0.1) is 7.11 Å².